The van der Waals surface area contributed by atoms with E-state index in [9.17, 15) is 4.79 Å². The topological polar surface area (TPSA) is 26.3 Å². The highest BCUT2D eigenvalue weighted by Gasteiger charge is 2.19. The van der Waals surface area contributed by atoms with E-state index in [2.05, 4.69) is 32.9 Å². The number of ether oxygens (including phenoxy) is 1. The van der Waals surface area contributed by atoms with Crippen molar-refractivity contribution in [1.82, 2.24) is 0 Å². The fourth-order valence-corrected chi connectivity index (χ4v) is 4.44. The molecule has 0 N–H and O–H groups in total. The molecule has 3 aromatic rings. The summed E-state index contributed by atoms with van der Waals surface area (Å²) in [7, 11) is 0.109. The second-order valence-corrected chi connectivity index (χ2v) is 9.77. The zero-order valence-electron chi connectivity index (χ0n) is 17.9. The Labute approximate surface area is 176 Å². The van der Waals surface area contributed by atoms with Gasteiger partial charge in [-0.3, -0.25) is 4.79 Å². The molecule has 3 rings (SSSR count). The van der Waals surface area contributed by atoms with Gasteiger partial charge in [0, 0.05) is 5.56 Å². The summed E-state index contributed by atoms with van der Waals surface area (Å²) in [5.74, 6) is 0.816. The molecule has 0 aromatic heterocycles. The summed E-state index contributed by atoms with van der Waals surface area (Å²) in [5, 5.41) is 1.03. The minimum absolute atomic E-state index is 0.0783. The number of benzene rings is 3. The fourth-order valence-electron chi connectivity index (χ4n) is 3.32. The molecule has 0 bridgehead atoms. The molecule has 0 amide bonds. The molecule has 29 heavy (non-hydrogen) atoms. The van der Waals surface area contributed by atoms with E-state index in [1.165, 1.54) is 5.56 Å². The predicted molar refractivity (Wildman–Crippen MR) is 124 cm³/mol. The van der Waals surface area contributed by atoms with Crippen LogP contribution in [-0.2, 0) is 12.0 Å². The second-order valence-electron chi connectivity index (χ2n) is 8.49. The molecule has 0 spiro atoms. The predicted octanol–water partition coefficient (Wildman–Crippen LogP) is 6.32. The Bertz CT molecular complexity index is 960. The van der Waals surface area contributed by atoms with Gasteiger partial charge in [0.05, 0.1) is 0 Å². The molecule has 0 radical (unpaired) electrons. The zero-order chi connectivity index (χ0) is 21.0. The first-order chi connectivity index (χ1) is 13.7. The first kappa shape index (κ1) is 21.3. The lowest BCUT2D eigenvalue weighted by Gasteiger charge is -2.22. The number of hydrogen-bond acceptors (Lipinski definition) is 2. The van der Waals surface area contributed by atoms with Gasteiger partial charge in [0.15, 0.2) is 5.52 Å². The van der Waals surface area contributed by atoms with Gasteiger partial charge in [-0.05, 0) is 67.5 Å². The molecule has 0 saturated carbocycles. The van der Waals surface area contributed by atoms with Crippen LogP contribution in [0.25, 0.3) is 0 Å². The molecule has 1 atom stereocenters. The molecule has 3 heteroatoms. The van der Waals surface area contributed by atoms with Crippen molar-refractivity contribution in [3.63, 3.8) is 0 Å². The van der Waals surface area contributed by atoms with Gasteiger partial charge < -0.3 is 4.74 Å². The first-order valence-electron chi connectivity index (χ1n) is 9.94. The first-order valence-corrected chi connectivity index (χ1v) is 10.9. The van der Waals surface area contributed by atoms with Crippen LogP contribution in [0.4, 0.5) is 0 Å². The lowest BCUT2D eigenvalue weighted by atomic mass is 9.84. The minimum Gasteiger partial charge on any atom is -0.489 e. The standard InChI is InChI=1S/C26H29O2P/c1-18-15-21(26(3,4)5)16-19(2)24(18)25(27)29-23-13-11-22(12-14-23)28-17-20-9-7-6-8-10-20/h6-16,29H,17H2,1-5H3. The molecule has 0 fully saturated rings. The average molecular weight is 404 g/mol. The van der Waals surface area contributed by atoms with Crippen LogP contribution in [0.5, 0.6) is 5.75 Å². The highest BCUT2D eigenvalue weighted by molar-refractivity contribution is 7.66. The van der Waals surface area contributed by atoms with E-state index in [-0.39, 0.29) is 19.5 Å². The maximum absolute atomic E-state index is 13.0. The lowest BCUT2D eigenvalue weighted by Crippen LogP contribution is -2.13. The van der Waals surface area contributed by atoms with E-state index in [4.69, 9.17) is 4.74 Å². The summed E-state index contributed by atoms with van der Waals surface area (Å²) in [4.78, 5) is 13.0. The molecule has 2 nitrogen and oxygen atoms in total. The highest BCUT2D eigenvalue weighted by Crippen LogP contribution is 2.30. The Hall–Kier alpha value is -2.44. The van der Waals surface area contributed by atoms with Crippen LogP contribution >= 0.6 is 8.58 Å². The summed E-state index contributed by atoms with van der Waals surface area (Å²) in [6.45, 7) is 11.2. The van der Waals surface area contributed by atoms with Gasteiger partial charge in [-0.2, -0.15) is 0 Å². The van der Waals surface area contributed by atoms with E-state index in [1.807, 2.05) is 68.4 Å². The Morgan fingerprint density at radius 3 is 2.03 bits per heavy atom. The molecule has 0 heterocycles. The molecule has 0 aliphatic carbocycles. The molecule has 0 aliphatic rings. The maximum atomic E-state index is 13.0. The Kier molecular flexibility index (Phi) is 6.55. The monoisotopic (exact) mass is 404 g/mol. The Morgan fingerprint density at radius 2 is 1.48 bits per heavy atom. The zero-order valence-corrected chi connectivity index (χ0v) is 18.9. The van der Waals surface area contributed by atoms with Crippen molar-refractivity contribution in [1.29, 1.82) is 0 Å². The number of carbonyl (C=O) groups excluding carboxylic acids is 1. The average Bonchev–Trinajstić information content (AvgIpc) is 2.67. The van der Waals surface area contributed by atoms with Crippen LogP contribution < -0.4 is 10.0 Å². The number of rotatable bonds is 6. The van der Waals surface area contributed by atoms with Crippen LogP contribution in [0.15, 0.2) is 66.7 Å². The van der Waals surface area contributed by atoms with Gasteiger partial charge in [-0.1, -0.05) is 75.4 Å². The van der Waals surface area contributed by atoms with Crippen LogP contribution in [0.1, 0.15) is 53.4 Å². The van der Waals surface area contributed by atoms with E-state index < -0.39 is 0 Å². The van der Waals surface area contributed by atoms with E-state index in [0.717, 1.165) is 33.3 Å². The second kappa shape index (κ2) is 8.93. The lowest BCUT2D eigenvalue weighted by molar-refractivity contribution is 0.108. The third-order valence-corrected chi connectivity index (χ3v) is 6.09. The van der Waals surface area contributed by atoms with Crippen LogP contribution in [-0.4, -0.2) is 5.52 Å². The van der Waals surface area contributed by atoms with Crippen molar-refractivity contribution in [2.24, 2.45) is 0 Å². The van der Waals surface area contributed by atoms with Gasteiger partial charge in [-0.15, -0.1) is 0 Å². The third-order valence-electron chi connectivity index (χ3n) is 4.99. The summed E-state index contributed by atoms with van der Waals surface area (Å²) >= 11 is 0. The van der Waals surface area contributed by atoms with Gasteiger partial charge >= 0.3 is 0 Å². The molecule has 3 aromatic carbocycles. The number of carbonyl (C=O) groups is 1. The number of aryl methyl sites for hydroxylation is 2. The van der Waals surface area contributed by atoms with Crippen molar-refractivity contribution in [3.05, 3.63) is 94.5 Å². The number of hydrogen-bond donors (Lipinski definition) is 0. The molecular formula is C26H29O2P. The van der Waals surface area contributed by atoms with E-state index in [0.29, 0.717) is 6.61 Å². The molecule has 150 valence electrons. The quantitative estimate of drug-likeness (QED) is 0.449. The highest BCUT2D eigenvalue weighted by atomic mass is 31.1. The van der Waals surface area contributed by atoms with Crippen molar-refractivity contribution in [2.75, 3.05) is 0 Å². The van der Waals surface area contributed by atoms with E-state index >= 15 is 0 Å². The summed E-state index contributed by atoms with van der Waals surface area (Å²) in [6.07, 6.45) is 0. The Balaban J connectivity index is 1.68. The van der Waals surface area contributed by atoms with Gasteiger partial charge in [0.1, 0.15) is 12.4 Å². The SMILES string of the molecule is Cc1cc(C(C)(C)C)cc(C)c1C(=O)Pc1ccc(OCc2ccccc2)cc1. The molecule has 1 unspecified atom stereocenters. The summed E-state index contributed by atoms with van der Waals surface area (Å²) in [5.41, 5.74) is 5.67. The molecule has 0 aliphatic heterocycles. The minimum atomic E-state index is 0.0783. The van der Waals surface area contributed by atoms with Crippen molar-refractivity contribution < 1.29 is 9.53 Å². The summed E-state index contributed by atoms with van der Waals surface area (Å²) in [6, 6.07) is 22.3. The molecular weight excluding hydrogens is 375 g/mol. The van der Waals surface area contributed by atoms with Crippen molar-refractivity contribution in [3.8, 4) is 5.75 Å². The maximum Gasteiger partial charge on any atom is 0.186 e. The normalized spacial score (nSPS) is 11.8. The summed E-state index contributed by atoms with van der Waals surface area (Å²) < 4.78 is 5.84. The molecule has 0 saturated heterocycles. The smallest absolute Gasteiger partial charge is 0.186 e. The van der Waals surface area contributed by atoms with Crippen molar-refractivity contribution >= 4 is 19.4 Å². The van der Waals surface area contributed by atoms with Crippen LogP contribution in [0.2, 0.25) is 0 Å². The van der Waals surface area contributed by atoms with Crippen LogP contribution in [0, 0.1) is 13.8 Å². The van der Waals surface area contributed by atoms with E-state index in [1.54, 1.807) is 0 Å². The Morgan fingerprint density at radius 1 is 0.897 bits per heavy atom. The van der Waals surface area contributed by atoms with Gasteiger partial charge in [0.2, 0.25) is 0 Å². The van der Waals surface area contributed by atoms with Crippen molar-refractivity contribution in [2.45, 2.75) is 46.6 Å². The van der Waals surface area contributed by atoms with Gasteiger partial charge in [-0.25, -0.2) is 0 Å². The third kappa shape index (κ3) is 5.55. The largest absolute Gasteiger partial charge is 0.489 e. The van der Waals surface area contributed by atoms with Crippen LogP contribution in [0.3, 0.4) is 0 Å². The van der Waals surface area contributed by atoms with Gasteiger partial charge in [0.25, 0.3) is 0 Å². The fraction of sp³-hybridized carbons (Fsp3) is 0.269.